The molecule has 0 bridgehead atoms. The van der Waals surface area contributed by atoms with Gasteiger partial charge in [-0.1, -0.05) is 19.1 Å². The van der Waals surface area contributed by atoms with E-state index < -0.39 is 0 Å². The smallest absolute Gasteiger partial charge is 0.274 e. The van der Waals surface area contributed by atoms with Crippen LogP contribution in [0.15, 0.2) is 42.6 Å². The molecule has 0 radical (unpaired) electrons. The van der Waals surface area contributed by atoms with Crippen LogP contribution in [0.4, 0.5) is 11.4 Å². The average molecular weight is 313 g/mol. The van der Waals surface area contributed by atoms with Crippen molar-refractivity contribution in [2.24, 2.45) is 0 Å². The molecule has 0 fully saturated rings. The van der Waals surface area contributed by atoms with Crippen LogP contribution in [0.2, 0.25) is 0 Å². The van der Waals surface area contributed by atoms with Crippen LogP contribution in [0, 0.1) is 0 Å². The van der Waals surface area contributed by atoms with Gasteiger partial charge in [-0.25, -0.2) is 0 Å². The number of carbonyl (C=O) groups is 1. The van der Waals surface area contributed by atoms with E-state index in [0.29, 0.717) is 29.8 Å². The van der Waals surface area contributed by atoms with Crippen LogP contribution in [0.25, 0.3) is 0 Å². The van der Waals surface area contributed by atoms with Crippen molar-refractivity contribution < 1.29 is 9.53 Å². The fourth-order valence-electron chi connectivity index (χ4n) is 2.07. The van der Waals surface area contributed by atoms with Crippen molar-refractivity contribution in [3.63, 3.8) is 0 Å². The van der Waals surface area contributed by atoms with Gasteiger partial charge < -0.3 is 15.4 Å². The molecule has 122 valence electrons. The summed E-state index contributed by atoms with van der Waals surface area (Å²) in [6, 6.07) is 11.3. The fourth-order valence-corrected chi connectivity index (χ4v) is 2.07. The Morgan fingerprint density at radius 2 is 2.04 bits per heavy atom. The minimum atomic E-state index is -0.259. The monoisotopic (exact) mass is 313 g/mol. The Morgan fingerprint density at radius 1 is 1.26 bits per heavy atom. The Labute approximate surface area is 137 Å². The van der Waals surface area contributed by atoms with E-state index in [2.05, 4.69) is 29.5 Å². The SMILES string of the molecule is CCOc1ccccc1NC(=O)c1cc(NC(C)CC)ccn1. The summed E-state index contributed by atoms with van der Waals surface area (Å²) in [6.07, 6.45) is 2.64. The number of nitrogens with one attached hydrogen (secondary N) is 2. The minimum Gasteiger partial charge on any atom is -0.492 e. The van der Waals surface area contributed by atoms with E-state index in [4.69, 9.17) is 4.74 Å². The third-order valence-electron chi connectivity index (χ3n) is 3.45. The maximum absolute atomic E-state index is 12.4. The predicted molar refractivity (Wildman–Crippen MR) is 93.2 cm³/mol. The molecule has 1 aromatic heterocycles. The fraction of sp³-hybridized carbons (Fsp3) is 0.333. The quantitative estimate of drug-likeness (QED) is 0.812. The number of nitrogens with zero attached hydrogens (tertiary/aromatic N) is 1. The molecular weight excluding hydrogens is 290 g/mol. The third kappa shape index (κ3) is 4.71. The van der Waals surface area contributed by atoms with Gasteiger partial charge in [-0.05, 0) is 44.5 Å². The van der Waals surface area contributed by atoms with Crippen molar-refractivity contribution >= 4 is 17.3 Å². The first-order valence-corrected chi connectivity index (χ1v) is 7.89. The molecule has 1 heterocycles. The summed E-state index contributed by atoms with van der Waals surface area (Å²) in [5.74, 6) is 0.391. The first kappa shape index (κ1) is 16.8. The molecule has 0 saturated carbocycles. The molecule has 2 N–H and O–H groups in total. The van der Waals surface area contributed by atoms with Gasteiger partial charge >= 0.3 is 0 Å². The highest BCUT2D eigenvalue weighted by Crippen LogP contribution is 2.24. The normalized spacial score (nSPS) is 11.6. The number of ether oxygens (including phenoxy) is 1. The number of hydrogen-bond acceptors (Lipinski definition) is 4. The number of benzene rings is 1. The van der Waals surface area contributed by atoms with E-state index in [9.17, 15) is 4.79 Å². The Kier molecular flexibility index (Phi) is 5.97. The molecule has 0 saturated heterocycles. The summed E-state index contributed by atoms with van der Waals surface area (Å²) in [5, 5.41) is 6.19. The highest BCUT2D eigenvalue weighted by Gasteiger charge is 2.12. The lowest BCUT2D eigenvalue weighted by atomic mass is 10.2. The molecule has 0 aliphatic rings. The predicted octanol–water partition coefficient (Wildman–Crippen LogP) is 3.94. The van der Waals surface area contributed by atoms with Crippen molar-refractivity contribution in [1.29, 1.82) is 0 Å². The van der Waals surface area contributed by atoms with Crippen molar-refractivity contribution in [2.75, 3.05) is 17.2 Å². The van der Waals surface area contributed by atoms with Gasteiger partial charge in [0.15, 0.2) is 0 Å². The van der Waals surface area contributed by atoms with Crippen LogP contribution in [0.1, 0.15) is 37.7 Å². The van der Waals surface area contributed by atoms with Crippen molar-refractivity contribution in [1.82, 2.24) is 4.98 Å². The van der Waals surface area contributed by atoms with Gasteiger partial charge in [0, 0.05) is 17.9 Å². The lowest BCUT2D eigenvalue weighted by molar-refractivity contribution is 0.102. The summed E-state index contributed by atoms with van der Waals surface area (Å²) >= 11 is 0. The van der Waals surface area contributed by atoms with Gasteiger partial charge in [-0.3, -0.25) is 9.78 Å². The Morgan fingerprint density at radius 3 is 2.78 bits per heavy atom. The second-order valence-corrected chi connectivity index (χ2v) is 5.27. The Hall–Kier alpha value is -2.56. The van der Waals surface area contributed by atoms with Gasteiger partial charge in [-0.15, -0.1) is 0 Å². The number of anilines is 2. The summed E-state index contributed by atoms with van der Waals surface area (Å²) in [7, 11) is 0. The zero-order valence-electron chi connectivity index (χ0n) is 13.8. The highest BCUT2D eigenvalue weighted by atomic mass is 16.5. The second kappa shape index (κ2) is 8.17. The van der Waals surface area contributed by atoms with Crippen LogP contribution in [-0.4, -0.2) is 23.5 Å². The van der Waals surface area contributed by atoms with Crippen LogP contribution in [0.3, 0.4) is 0 Å². The van der Waals surface area contributed by atoms with E-state index >= 15 is 0 Å². The van der Waals surface area contributed by atoms with Gasteiger partial charge in [0.2, 0.25) is 0 Å². The Balaban J connectivity index is 2.13. The topological polar surface area (TPSA) is 63.2 Å². The maximum atomic E-state index is 12.4. The van der Waals surface area contributed by atoms with Crippen LogP contribution < -0.4 is 15.4 Å². The summed E-state index contributed by atoms with van der Waals surface area (Å²) < 4.78 is 5.52. The summed E-state index contributed by atoms with van der Waals surface area (Å²) in [6.45, 7) is 6.65. The largest absolute Gasteiger partial charge is 0.492 e. The number of hydrogen-bond donors (Lipinski definition) is 2. The van der Waals surface area contributed by atoms with E-state index in [-0.39, 0.29) is 5.91 Å². The standard InChI is InChI=1S/C18H23N3O2/c1-4-13(3)20-14-10-11-19-16(12-14)18(22)21-15-8-6-7-9-17(15)23-5-2/h6-13H,4-5H2,1-3H3,(H,19,20)(H,21,22). The summed E-state index contributed by atoms with van der Waals surface area (Å²) in [5.41, 5.74) is 1.89. The number of carbonyl (C=O) groups excluding carboxylic acids is 1. The number of aromatic nitrogens is 1. The number of para-hydroxylation sites is 2. The minimum absolute atomic E-state index is 0.259. The molecule has 5 nitrogen and oxygen atoms in total. The van der Waals surface area contributed by atoms with Crippen molar-refractivity contribution in [3.05, 3.63) is 48.3 Å². The van der Waals surface area contributed by atoms with Crippen LogP contribution >= 0.6 is 0 Å². The molecule has 2 aromatic rings. The molecule has 0 aliphatic carbocycles. The average Bonchev–Trinajstić information content (AvgIpc) is 2.57. The zero-order chi connectivity index (χ0) is 16.7. The van der Waals surface area contributed by atoms with Crippen LogP contribution in [-0.2, 0) is 0 Å². The van der Waals surface area contributed by atoms with Gasteiger partial charge in [-0.2, -0.15) is 0 Å². The number of amides is 1. The lowest BCUT2D eigenvalue weighted by Crippen LogP contribution is -2.17. The van der Waals surface area contributed by atoms with E-state index in [1.54, 1.807) is 12.3 Å². The van der Waals surface area contributed by atoms with E-state index in [0.717, 1.165) is 12.1 Å². The molecule has 2 rings (SSSR count). The molecule has 1 atom stereocenters. The first-order valence-electron chi connectivity index (χ1n) is 7.89. The molecule has 23 heavy (non-hydrogen) atoms. The van der Waals surface area contributed by atoms with E-state index in [1.165, 1.54) is 0 Å². The van der Waals surface area contributed by atoms with Crippen molar-refractivity contribution in [2.45, 2.75) is 33.2 Å². The van der Waals surface area contributed by atoms with Crippen molar-refractivity contribution in [3.8, 4) is 5.75 Å². The molecule has 0 aliphatic heterocycles. The molecular formula is C18H23N3O2. The molecule has 5 heteroatoms. The number of rotatable bonds is 7. The molecule has 1 aromatic carbocycles. The zero-order valence-corrected chi connectivity index (χ0v) is 13.8. The third-order valence-corrected chi connectivity index (χ3v) is 3.45. The van der Waals surface area contributed by atoms with Gasteiger partial charge in [0.05, 0.1) is 12.3 Å². The Bertz CT molecular complexity index is 658. The second-order valence-electron chi connectivity index (χ2n) is 5.27. The maximum Gasteiger partial charge on any atom is 0.274 e. The van der Waals surface area contributed by atoms with Gasteiger partial charge in [0.25, 0.3) is 5.91 Å². The van der Waals surface area contributed by atoms with Crippen LogP contribution in [0.5, 0.6) is 5.75 Å². The molecule has 1 amide bonds. The molecule has 1 unspecified atom stereocenters. The summed E-state index contributed by atoms with van der Waals surface area (Å²) in [4.78, 5) is 16.6. The van der Waals surface area contributed by atoms with E-state index in [1.807, 2.05) is 37.3 Å². The number of pyridine rings is 1. The highest BCUT2D eigenvalue weighted by molar-refractivity contribution is 6.04. The molecule has 0 spiro atoms. The first-order chi connectivity index (χ1) is 11.1. The van der Waals surface area contributed by atoms with Gasteiger partial charge in [0.1, 0.15) is 11.4 Å². The lowest BCUT2D eigenvalue weighted by Gasteiger charge is -2.14.